The Morgan fingerprint density at radius 1 is 1.43 bits per heavy atom. The molecule has 1 heterocycles. The third-order valence-corrected chi connectivity index (χ3v) is 4.10. The average Bonchev–Trinajstić information content (AvgIpc) is 2.12. The lowest BCUT2D eigenvalue weighted by atomic mass is 10.3. The molecule has 0 saturated carbocycles. The maximum Gasteiger partial charge on any atom is 0.182 e. The van der Waals surface area contributed by atoms with Crippen LogP contribution in [0.4, 0.5) is 10.1 Å². The predicted molar refractivity (Wildman–Crippen MR) is 51.7 cm³/mol. The molecule has 0 atom stereocenters. The molecule has 0 spiro atoms. The van der Waals surface area contributed by atoms with Crippen LogP contribution in [0.25, 0.3) is 0 Å². The highest BCUT2D eigenvalue weighted by Crippen LogP contribution is 2.29. The zero-order valence-corrected chi connectivity index (χ0v) is 8.51. The van der Waals surface area contributed by atoms with Crippen molar-refractivity contribution in [3.05, 3.63) is 24.0 Å². The molecule has 3 nitrogen and oxygen atoms in total. The van der Waals surface area contributed by atoms with Crippen LogP contribution in [0.1, 0.15) is 0 Å². The summed E-state index contributed by atoms with van der Waals surface area (Å²) in [6.45, 7) is 0.415. The lowest BCUT2D eigenvalue weighted by molar-refractivity contribution is 0.589. The molecule has 14 heavy (non-hydrogen) atoms. The van der Waals surface area contributed by atoms with Crippen LogP contribution in [0.2, 0.25) is 0 Å². The van der Waals surface area contributed by atoms with E-state index in [0.29, 0.717) is 12.2 Å². The largest absolute Gasteiger partial charge is 0.372 e. The van der Waals surface area contributed by atoms with Gasteiger partial charge in [0.05, 0.1) is 16.3 Å². The lowest BCUT2D eigenvalue weighted by Crippen LogP contribution is -2.32. The van der Waals surface area contributed by atoms with Gasteiger partial charge < -0.3 is 4.90 Å². The highest BCUT2D eigenvalue weighted by atomic mass is 32.2. The Bertz CT molecular complexity index is 470. The van der Waals surface area contributed by atoms with Gasteiger partial charge in [0.2, 0.25) is 0 Å². The number of nitrogens with zero attached hydrogens (tertiary/aromatic N) is 1. The minimum absolute atomic E-state index is 0.0993. The highest BCUT2D eigenvalue weighted by molar-refractivity contribution is 7.91. The first-order valence-corrected chi connectivity index (χ1v) is 5.89. The van der Waals surface area contributed by atoms with Crippen LogP contribution in [0.3, 0.4) is 0 Å². The maximum absolute atomic E-state index is 12.9. The Morgan fingerprint density at radius 2 is 2.14 bits per heavy atom. The van der Waals surface area contributed by atoms with Gasteiger partial charge in [-0.3, -0.25) is 0 Å². The Morgan fingerprint density at radius 3 is 2.86 bits per heavy atom. The van der Waals surface area contributed by atoms with Gasteiger partial charge in [-0.2, -0.15) is 0 Å². The fourth-order valence-corrected chi connectivity index (χ4v) is 3.08. The van der Waals surface area contributed by atoms with E-state index in [-0.39, 0.29) is 10.6 Å². The van der Waals surface area contributed by atoms with E-state index < -0.39 is 15.7 Å². The van der Waals surface area contributed by atoms with Gasteiger partial charge in [0.15, 0.2) is 9.84 Å². The minimum Gasteiger partial charge on any atom is -0.372 e. The van der Waals surface area contributed by atoms with E-state index in [1.54, 1.807) is 11.9 Å². The second kappa shape index (κ2) is 2.95. The van der Waals surface area contributed by atoms with E-state index in [1.165, 1.54) is 18.2 Å². The van der Waals surface area contributed by atoms with E-state index in [9.17, 15) is 12.8 Å². The summed E-state index contributed by atoms with van der Waals surface area (Å²) in [5.41, 5.74) is 0.455. The first-order chi connectivity index (χ1) is 6.50. The van der Waals surface area contributed by atoms with Gasteiger partial charge in [-0.1, -0.05) is 0 Å². The van der Waals surface area contributed by atoms with E-state index >= 15 is 0 Å². The topological polar surface area (TPSA) is 37.4 Å². The van der Waals surface area contributed by atoms with Crippen molar-refractivity contribution in [2.45, 2.75) is 4.90 Å². The molecule has 0 N–H and O–H groups in total. The maximum atomic E-state index is 12.9. The van der Waals surface area contributed by atoms with Gasteiger partial charge >= 0.3 is 0 Å². The fraction of sp³-hybridized carbons (Fsp3) is 0.333. The number of halogens is 1. The zero-order valence-electron chi connectivity index (χ0n) is 7.70. The molecule has 76 valence electrons. The number of fused-ring (bicyclic) bond motifs is 1. The molecule has 0 amide bonds. The molecule has 0 aliphatic carbocycles. The molecule has 5 heteroatoms. The molecule has 0 saturated heterocycles. The molecule has 0 radical (unpaired) electrons. The van der Waals surface area contributed by atoms with Gasteiger partial charge in [-0.15, -0.1) is 0 Å². The Kier molecular flexibility index (Phi) is 1.99. The molecule has 0 bridgehead atoms. The molecule has 2 rings (SSSR count). The summed E-state index contributed by atoms with van der Waals surface area (Å²) in [4.78, 5) is 1.98. The summed E-state index contributed by atoms with van der Waals surface area (Å²) in [7, 11) is -1.44. The normalized spacial score (nSPS) is 19.1. The van der Waals surface area contributed by atoms with Gasteiger partial charge in [-0.25, -0.2) is 12.8 Å². The van der Waals surface area contributed by atoms with Crippen LogP contribution in [-0.2, 0) is 9.84 Å². The van der Waals surface area contributed by atoms with Crippen LogP contribution in [-0.4, -0.2) is 27.8 Å². The summed E-state index contributed by atoms with van der Waals surface area (Å²) >= 11 is 0. The molecular weight excluding hydrogens is 205 g/mol. The molecule has 0 unspecified atom stereocenters. The van der Waals surface area contributed by atoms with E-state index in [4.69, 9.17) is 0 Å². The van der Waals surface area contributed by atoms with Crippen molar-refractivity contribution in [3.63, 3.8) is 0 Å². The smallest absolute Gasteiger partial charge is 0.182 e. The van der Waals surface area contributed by atoms with Crippen LogP contribution in [0, 0.1) is 5.82 Å². The van der Waals surface area contributed by atoms with Crippen molar-refractivity contribution in [2.24, 2.45) is 0 Å². The second-order valence-corrected chi connectivity index (χ2v) is 5.43. The van der Waals surface area contributed by atoms with Crippen LogP contribution in [0.15, 0.2) is 23.1 Å². The predicted octanol–water partition coefficient (Wildman–Crippen LogP) is 1.05. The van der Waals surface area contributed by atoms with Crippen molar-refractivity contribution in [3.8, 4) is 0 Å². The van der Waals surface area contributed by atoms with Crippen LogP contribution < -0.4 is 4.90 Å². The van der Waals surface area contributed by atoms with Gasteiger partial charge in [0, 0.05) is 13.6 Å². The van der Waals surface area contributed by atoms with Gasteiger partial charge in [0.1, 0.15) is 5.82 Å². The number of sulfone groups is 1. The van der Waals surface area contributed by atoms with Crippen LogP contribution in [0.5, 0.6) is 0 Å². The van der Waals surface area contributed by atoms with E-state index in [1.807, 2.05) is 0 Å². The number of benzene rings is 1. The number of hydrogen-bond acceptors (Lipinski definition) is 3. The third kappa shape index (κ3) is 1.37. The van der Waals surface area contributed by atoms with Gasteiger partial charge in [0.25, 0.3) is 0 Å². The third-order valence-electron chi connectivity index (χ3n) is 2.36. The number of anilines is 1. The zero-order chi connectivity index (χ0) is 10.3. The highest BCUT2D eigenvalue weighted by Gasteiger charge is 2.26. The average molecular weight is 215 g/mol. The second-order valence-electron chi connectivity index (χ2n) is 3.35. The quantitative estimate of drug-likeness (QED) is 0.607. The first kappa shape index (κ1) is 9.45. The van der Waals surface area contributed by atoms with E-state index in [2.05, 4.69) is 0 Å². The molecule has 0 aromatic heterocycles. The summed E-state index contributed by atoms with van der Waals surface area (Å²) in [5.74, 6) is -0.310. The number of hydrogen-bond donors (Lipinski definition) is 0. The van der Waals surface area contributed by atoms with Crippen LogP contribution >= 0.6 is 0 Å². The van der Waals surface area contributed by atoms with Gasteiger partial charge in [-0.05, 0) is 18.2 Å². The SMILES string of the molecule is CN1CCS(=O)(=O)c2ccc(F)cc21. The van der Waals surface area contributed by atoms with Crippen molar-refractivity contribution in [1.82, 2.24) is 0 Å². The standard InChI is InChI=1S/C9H10FNO2S/c1-11-4-5-14(12,13)9-3-2-7(10)6-8(9)11/h2-3,6H,4-5H2,1H3. The fourth-order valence-electron chi connectivity index (χ4n) is 1.54. The molecule has 1 aromatic carbocycles. The first-order valence-electron chi connectivity index (χ1n) is 4.24. The van der Waals surface area contributed by atoms with Crippen molar-refractivity contribution < 1.29 is 12.8 Å². The summed E-state index contributed by atoms with van der Waals surface area (Å²) in [6, 6.07) is 3.76. The van der Waals surface area contributed by atoms with Crippen molar-refractivity contribution in [1.29, 1.82) is 0 Å². The monoisotopic (exact) mass is 215 g/mol. The summed E-state index contributed by atoms with van der Waals surface area (Å²) in [6.07, 6.45) is 0. The van der Waals surface area contributed by atoms with E-state index in [0.717, 1.165) is 0 Å². The Labute approximate surface area is 82.1 Å². The molecule has 1 aromatic rings. The summed E-state index contributed by atoms with van der Waals surface area (Å²) in [5, 5.41) is 0. The lowest BCUT2D eigenvalue weighted by Gasteiger charge is -2.26. The van der Waals surface area contributed by atoms with Crippen molar-refractivity contribution in [2.75, 3.05) is 24.2 Å². The Balaban J connectivity index is 2.69. The molecular formula is C9H10FNO2S. The van der Waals surface area contributed by atoms with Crippen molar-refractivity contribution >= 4 is 15.5 Å². The minimum atomic E-state index is -3.20. The Hall–Kier alpha value is -1.10. The number of rotatable bonds is 0. The molecule has 0 fully saturated rings. The molecule has 1 aliphatic rings. The molecule has 1 aliphatic heterocycles. The summed E-state index contributed by atoms with van der Waals surface area (Å²) < 4.78 is 36.1.